The van der Waals surface area contributed by atoms with Crippen molar-refractivity contribution in [1.82, 2.24) is 4.90 Å². The molecule has 0 spiro atoms. The summed E-state index contributed by atoms with van der Waals surface area (Å²) in [6, 6.07) is 4.75. The van der Waals surface area contributed by atoms with Gasteiger partial charge in [-0.3, -0.25) is 4.79 Å². The molecule has 0 radical (unpaired) electrons. The van der Waals surface area contributed by atoms with Gasteiger partial charge in [0.2, 0.25) is 5.91 Å². The zero-order valence-corrected chi connectivity index (χ0v) is 13.6. The zero-order valence-electron chi connectivity index (χ0n) is 13.6. The molecule has 24 heavy (non-hydrogen) atoms. The molecular weight excluding hydrogens is 323 g/mol. The number of halogens is 3. The van der Waals surface area contributed by atoms with Gasteiger partial charge in [0.15, 0.2) is 0 Å². The van der Waals surface area contributed by atoms with E-state index in [1.54, 1.807) is 12.0 Å². The first-order valence-corrected chi connectivity index (χ1v) is 7.94. The second kappa shape index (κ2) is 8.48. The highest BCUT2D eigenvalue weighted by atomic mass is 19.4. The monoisotopic (exact) mass is 345 g/mol. The van der Waals surface area contributed by atoms with E-state index in [9.17, 15) is 18.0 Å². The van der Waals surface area contributed by atoms with Crippen molar-refractivity contribution < 1.29 is 27.4 Å². The van der Waals surface area contributed by atoms with Crippen LogP contribution in [-0.2, 0) is 26.9 Å². The number of hydrogen-bond acceptors (Lipinski definition) is 3. The minimum Gasteiger partial charge on any atom is -0.382 e. The van der Waals surface area contributed by atoms with Gasteiger partial charge in [-0.25, -0.2) is 0 Å². The van der Waals surface area contributed by atoms with Gasteiger partial charge in [0.1, 0.15) is 0 Å². The summed E-state index contributed by atoms with van der Waals surface area (Å²) in [5, 5.41) is 0. The van der Waals surface area contributed by atoms with Crippen LogP contribution in [0, 0.1) is 0 Å². The van der Waals surface area contributed by atoms with Gasteiger partial charge < -0.3 is 14.4 Å². The minimum absolute atomic E-state index is 0.0647. The molecule has 0 atom stereocenters. The molecule has 0 unspecified atom stereocenters. The van der Waals surface area contributed by atoms with Gasteiger partial charge in [0, 0.05) is 20.2 Å². The summed E-state index contributed by atoms with van der Waals surface area (Å²) >= 11 is 0. The van der Waals surface area contributed by atoms with Gasteiger partial charge in [-0.1, -0.05) is 12.1 Å². The smallest absolute Gasteiger partial charge is 0.382 e. The summed E-state index contributed by atoms with van der Waals surface area (Å²) in [4.78, 5) is 14.0. The standard InChI is InChI=1S/C17H22F3NO3/c1-23-10-11-24-15-6-8-21(9-7-15)16(22)12-13-2-4-14(5-3-13)17(18,19)20/h2-5,15H,6-12H2,1H3. The van der Waals surface area contributed by atoms with E-state index in [1.807, 2.05) is 0 Å². The predicted octanol–water partition coefficient (Wildman–Crippen LogP) is 2.90. The lowest BCUT2D eigenvalue weighted by Gasteiger charge is -2.32. The third kappa shape index (κ3) is 5.49. The Kier molecular flexibility index (Phi) is 6.62. The minimum atomic E-state index is -4.35. The fourth-order valence-electron chi connectivity index (χ4n) is 2.67. The molecule has 0 aromatic heterocycles. The van der Waals surface area contributed by atoms with Crippen molar-refractivity contribution in [3.05, 3.63) is 35.4 Å². The van der Waals surface area contributed by atoms with E-state index in [-0.39, 0.29) is 18.4 Å². The fraction of sp³-hybridized carbons (Fsp3) is 0.588. The summed E-state index contributed by atoms with van der Waals surface area (Å²) < 4.78 is 48.2. The molecule has 0 N–H and O–H groups in total. The fourth-order valence-corrected chi connectivity index (χ4v) is 2.67. The molecule has 1 fully saturated rings. The summed E-state index contributed by atoms with van der Waals surface area (Å²) in [5.74, 6) is -0.0647. The van der Waals surface area contributed by atoms with Crippen LogP contribution in [0.2, 0.25) is 0 Å². The van der Waals surface area contributed by atoms with Crippen molar-refractivity contribution in [3.63, 3.8) is 0 Å². The first kappa shape index (κ1) is 18.7. The number of hydrogen-bond donors (Lipinski definition) is 0. The molecular formula is C17H22F3NO3. The molecule has 1 aliphatic heterocycles. The predicted molar refractivity (Wildman–Crippen MR) is 82.6 cm³/mol. The molecule has 1 amide bonds. The zero-order chi connectivity index (χ0) is 17.6. The number of likely N-dealkylation sites (tertiary alicyclic amines) is 1. The first-order chi connectivity index (χ1) is 11.4. The van der Waals surface area contributed by atoms with Crippen molar-refractivity contribution in [2.24, 2.45) is 0 Å². The average Bonchev–Trinajstić information content (AvgIpc) is 2.55. The molecule has 0 bridgehead atoms. The van der Waals surface area contributed by atoms with Crippen molar-refractivity contribution in [2.45, 2.75) is 31.5 Å². The maximum absolute atomic E-state index is 12.5. The molecule has 0 aliphatic carbocycles. The van der Waals surface area contributed by atoms with Gasteiger partial charge in [-0.2, -0.15) is 13.2 Å². The number of carbonyl (C=O) groups excluding carboxylic acids is 1. The number of methoxy groups -OCH3 is 1. The van der Waals surface area contributed by atoms with Crippen LogP contribution in [0.4, 0.5) is 13.2 Å². The molecule has 1 heterocycles. The molecule has 0 saturated carbocycles. The number of carbonyl (C=O) groups is 1. The van der Waals surface area contributed by atoms with Crippen molar-refractivity contribution >= 4 is 5.91 Å². The average molecular weight is 345 g/mol. The highest BCUT2D eigenvalue weighted by Crippen LogP contribution is 2.29. The Morgan fingerprint density at radius 3 is 2.33 bits per heavy atom. The summed E-state index contributed by atoms with van der Waals surface area (Å²) in [6.07, 6.45) is -2.57. The number of amides is 1. The van der Waals surface area contributed by atoms with Gasteiger partial charge in [-0.05, 0) is 30.5 Å². The normalized spacial score (nSPS) is 16.4. The number of piperidine rings is 1. The molecule has 1 aromatic carbocycles. The van der Waals surface area contributed by atoms with Gasteiger partial charge in [0.05, 0.1) is 31.3 Å². The molecule has 2 rings (SSSR count). The second-order valence-electron chi connectivity index (χ2n) is 5.82. The Labute approximate surface area is 139 Å². The van der Waals surface area contributed by atoms with E-state index in [0.29, 0.717) is 31.9 Å². The van der Waals surface area contributed by atoms with E-state index >= 15 is 0 Å². The van der Waals surface area contributed by atoms with E-state index in [0.717, 1.165) is 25.0 Å². The molecule has 1 aromatic rings. The van der Waals surface area contributed by atoms with Crippen molar-refractivity contribution in [1.29, 1.82) is 0 Å². The summed E-state index contributed by atoms with van der Waals surface area (Å²) in [5.41, 5.74) is -0.112. The van der Waals surface area contributed by atoms with E-state index in [2.05, 4.69) is 0 Å². The lowest BCUT2D eigenvalue weighted by Crippen LogP contribution is -2.41. The number of ether oxygens (including phenoxy) is 2. The lowest BCUT2D eigenvalue weighted by atomic mass is 10.0. The molecule has 134 valence electrons. The van der Waals surface area contributed by atoms with Crippen LogP contribution in [-0.4, -0.2) is 50.3 Å². The SMILES string of the molecule is COCCOC1CCN(C(=O)Cc2ccc(C(F)(F)F)cc2)CC1. The Hall–Kier alpha value is -1.60. The molecule has 1 aliphatic rings. The Bertz CT molecular complexity index is 523. The molecule has 7 heteroatoms. The maximum atomic E-state index is 12.5. The van der Waals surface area contributed by atoms with Crippen LogP contribution in [0.5, 0.6) is 0 Å². The van der Waals surface area contributed by atoms with Crippen molar-refractivity contribution in [2.75, 3.05) is 33.4 Å². The maximum Gasteiger partial charge on any atom is 0.416 e. The number of benzene rings is 1. The van der Waals surface area contributed by atoms with Crippen LogP contribution >= 0.6 is 0 Å². The topological polar surface area (TPSA) is 38.8 Å². The molecule has 1 saturated heterocycles. The largest absolute Gasteiger partial charge is 0.416 e. The number of alkyl halides is 3. The van der Waals surface area contributed by atoms with Crippen LogP contribution in [0.25, 0.3) is 0 Å². The highest BCUT2D eigenvalue weighted by Gasteiger charge is 2.30. The summed E-state index contributed by atoms with van der Waals surface area (Å²) in [7, 11) is 1.62. The highest BCUT2D eigenvalue weighted by molar-refractivity contribution is 5.78. The van der Waals surface area contributed by atoms with Crippen LogP contribution in [0.1, 0.15) is 24.0 Å². The Balaban J connectivity index is 1.79. The Morgan fingerprint density at radius 2 is 1.79 bits per heavy atom. The van der Waals surface area contributed by atoms with Crippen LogP contribution < -0.4 is 0 Å². The summed E-state index contributed by atoms with van der Waals surface area (Å²) in [6.45, 7) is 2.31. The van der Waals surface area contributed by atoms with Gasteiger partial charge in [-0.15, -0.1) is 0 Å². The van der Waals surface area contributed by atoms with Crippen LogP contribution in [0.15, 0.2) is 24.3 Å². The first-order valence-electron chi connectivity index (χ1n) is 7.94. The Morgan fingerprint density at radius 1 is 1.17 bits per heavy atom. The van der Waals surface area contributed by atoms with E-state index in [4.69, 9.17) is 9.47 Å². The van der Waals surface area contributed by atoms with Crippen LogP contribution in [0.3, 0.4) is 0 Å². The van der Waals surface area contributed by atoms with Gasteiger partial charge in [0.25, 0.3) is 0 Å². The number of rotatable bonds is 6. The lowest BCUT2D eigenvalue weighted by molar-refractivity contribution is -0.137. The second-order valence-corrected chi connectivity index (χ2v) is 5.82. The quantitative estimate of drug-likeness (QED) is 0.744. The van der Waals surface area contributed by atoms with Crippen molar-refractivity contribution in [3.8, 4) is 0 Å². The third-order valence-corrected chi connectivity index (χ3v) is 4.07. The van der Waals surface area contributed by atoms with Gasteiger partial charge >= 0.3 is 6.18 Å². The number of nitrogens with zero attached hydrogens (tertiary/aromatic N) is 1. The molecule has 4 nitrogen and oxygen atoms in total. The van der Waals surface area contributed by atoms with E-state index in [1.165, 1.54) is 12.1 Å². The van der Waals surface area contributed by atoms with E-state index < -0.39 is 11.7 Å². The third-order valence-electron chi connectivity index (χ3n) is 4.07.